The summed E-state index contributed by atoms with van der Waals surface area (Å²) >= 11 is 0. The van der Waals surface area contributed by atoms with E-state index in [-0.39, 0.29) is 5.41 Å². The molecule has 4 nitrogen and oxygen atoms in total. The average molecular weight is 222 g/mol. The summed E-state index contributed by atoms with van der Waals surface area (Å²) in [5.74, 6) is 1.63. The highest BCUT2D eigenvalue weighted by Gasteiger charge is 2.20. The Labute approximate surface area is 97.9 Å². The molecule has 0 spiro atoms. The molecule has 0 aliphatic rings. The van der Waals surface area contributed by atoms with Gasteiger partial charge in [0.25, 0.3) is 0 Å². The lowest BCUT2D eigenvalue weighted by Gasteiger charge is -2.28. The van der Waals surface area contributed by atoms with E-state index in [1.807, 2.05) is 6.92 Å². The van der Waals surface area contributed by atoms with Crippen molar-refractivity contribution in [3.63, 3.8) is 0 Å². The first kappa shape index (κ1) is 12.7. The van der Waals surface area contributed by atoms with Gasteiger partial charge in [0.1, 0.15) is 11.6 Å². The van der Waals surface area contributed by atoms with E-state index in [1.54, 1.807) is 12.4 Å². The van der Waals surface area contributed by atoms with Crippen LogP contribution in [0.15, 0.2) is 12.4 Å². The molecule has 1 rings (SSSR count). The van der Waals surface area contributed by atoms with Crippen LogP contribution >= 0.6 is 0 Å². The molecule has 1 aromatic heterocycles. The van der Waals surface area contributed by atoms with Crippen LogP contribution in [0.25, 0.3) is 0 Å². The molecule has 1 heterocycles. The van der Waals surface area contributed by atoms with Gasteiger partial charge < -0.3 is 10.6 Å². The minimum Gasteiger partial charge on any atom is -0.369 e. The fraction of sp³-hybridized carbons (Fsp3) is 0.667. The predicted molar refractivity (Wildman–Crippen MR) is 68.7 cm³/mol. The molecule has 0 saturated heterocycles. The Balaban J connectivity index is 2.70. The summed E-state index contributed by atoms with van der Waals surface area (Å²) in [5, 5.41) is 6.51. The van der Waals surface area contributed by atoms with Crippen molar-refractivity contribution in [1.82, 2.24) is 9.97 Å². The van der Waals surface area contributed by atoms with E-state index >= 15 is 0 Å². The first-order valence-electron chi connectivity index (χ1n) is 5.76. The summed E-state index contributed by atoms with van der Waals surface area (Å²) in [6.07, 6.45) is 3.49. The van der Waals surface area contributed by atoms with E-state index < -0.39 is 0 Å². The third kappa shape index (κ3) is 3.68. The van der Waals surface area contributed by atoms with Crippen molar-refractivity contribution in [2.45, 2.75) is 40.7 Å². The van der Waals surface area contributed by atoms with Crippen molar-refractivity contribution in [2.24, 2.45) is 5.41 Å². The zero-order chi connectivity index (χ0) is 12.2. The molecule has 0 radical (unpaired) electrons. The summed E-state index contributed by atoms with van der Waals surface area (Å²) in [6.45, 7) is 11.7. The number of anilines is 2. The van der Waals surface area contributed by atoms with Gasteiger partial charge in [-0.15, -0.1) is 0 Å². The molecular formula is C12H22N4. The zero-order valence-electron chi connectivity index (χ0n) is 10.8. The van der Waals surface area contributed by atoms with Crippen molar-refractivity contribution in [3.05, 3.63) is 12.4 Å². The van der Waals surface area contributed by atoms with Gasteiger partial charge in [-0.05, 0) is 19.3 Å². The molecule has 0 aliphatic carbocycles. The third-order valence-electron chi connectivity index (χ3n) is 2.66. The Morgan fingerprint density at radius 1 is 1.25 bits per heavy atom. The quantitative estimate of drug-likeness (QED) is 0.822. The number of nitrogens with one attached hydrogen (secondary N) is 2. The maximum absolute atomic E-state index is 4.43. The van der Waals surface area contributed by atoms with Crippen LogP contribution in [0.2, 0.25) is 0 Å². The second-order valence-electron chi connectivity index (χ2n) is 5.05. The summed E-state index contributed by atoms with van der Waals surface area (Å²) in [6, 6.07) is 0.346. The molecule has 1 unspecified atom stereocenters. The molecule has 0 aromatic carbocycles. The Morgan fingerprint density at radius 2 is 1.88 bits per heavy atom. The van der Waals surface area contributed by atoms with Crippen molar-refractivity contribution in [3.8, 4) is 0 Å². The van der Waals surface area contributed by atoms with Crippen LogP contribution in [0, 0.1) is 5.41 Å². The summed E-state index contributed by atoms with van der Waals surface area (Å²) in [4.78, 5) is 8.58. The van der Waals surface area contributed by atoms with Crippen molar-refractivity contribution < 1.29 is 0 Å². The lowest BCUT2D eigenvalue weighted by Crippen LogP contribution is -2.31. The highest BCUT2D eigenvalue weighted by atomic mass is 15.1. The molecule has 0 fully saturated rings. The Hall–Kier alpha value is -1.32. The maximum atomic E-state index is 4.43. The van der Waals surface area contributed by atoms with Gasteiger partial charge in [0.15, 0.2) is 0 Å². The summed E-state index contributed by atoms with van der Waals surface area (Å²) in [5.41, 5.74) is 0.204. The number of rotatable bonds is 4. The third-order valence-corrected chi connectivity index (χ3v) is 2.66. The molecule has 0 amide bonds. The number of aromatic nitrogens is 2. The van der Waals surface area contributed by atoms with Crippen molar-refractivity contribution >= 4 is 11.6 Å². The van der Waals surface area contributed by atoms with E-state index in [0.717, 1.165) is 18.2 Å². The van der Waals surface area contributed by atoms with E-state index in [2.05, 4.69) is 48.3 Å². The summed E-state index contributed by atoms with van der Waals surface area (Å²) < 4.78 is 0. The van der Waals surface area contributed by atoms with Crippen LogP contribution in [0.4, 0.5) is 11.6 Å². The van der Waals surface area contributed by atoms with Crippen molar-refractivity contribution in [1.29, 1.82) is 0 Å². The molecular weight excluding hydrogens is 200 g/mol. The highest BCUT2D eigenvalue weighted by molar-refractivity contribution is 5.42. The van der Waals surface area contributed by atoms with E-state index in [0.29, 0.717) is 6.04 Å². The van der Waals surface area contributed by atoms with Gasteiger partial charge in [-0.1, -0.05) is 20.8 Å². The molecule has 90 valence electrons. The second-order valence-corrected chi connectivity index (χ2v) is 5.05. The van der Waals surface area contributed by atoms with Crippen LogP contribution in [0.3, 0.4) is 0 Å². The number of hydrogen-bond donors (Lipinski definition) is 2. The van der Waals surface area contributed by atoms with Gasteiger partial charge in [0.05, 0.1) is 12.4 Å². The molecule has 0 bridgehead atoms. The Morgan fingerprint density at radius 3 is 2.44 bits per heavy atom. The molecule has 1 atom stereocenters. The molecule has 16 heavy (non-hydrogen) atoms. The normalized spacial score (nSPS) is 13.3. The Kier molecular flexibility index (Phi) is 4.10. The molecule has 2 N–H and O–H groups in total. The standard InChI is InChI=1S/C12H22N4/c1-6-14-10-7-13-8-11(16-10)15-9(2)12(3,4)5/h7-9H,6H2,1-5H3,(H2,14,15,16). The largest absolute Gasteiger partial charge is 0.369 e. The topological polar surface area (TPSA) is 49.8 Å². The first-order valence-corrected chi connectivity index (χ1v) is 5.76. The van der Waals surface area contributed by atoms with Gasteiger partial charge in [-0.25, -0.2) is 4.98 Å². The van der Waals surface area contributed by atoms with Gasteiger partial charge in [0, 0.05) is 12.6 Å². The number of hydrogen-bond acceptors (Lipinski definition) is 4. The fourth-order valence-electron chi connectivity index (χ4n) is 1.14. The van der Waals surface area contributed by atoms with Crippen LogP contribution in [-0.4, -0.2) is 22.6 Å². The lowest BCUT2D eigenvalue weighted by molar-refractivity contribution is 0.358. The van der Waals surface area contributed by atoms with Gasteiger partial charge >= 0.3 is 0 Å². The molecule has 4 heteroatoms. The second kappa shape index (κ2) is 5.14. The van der Waals surface area contributed by atoms with E-state index in [1.165, 1.54) is 0 Å². The summed E-state index contributed by atoms with van der Waals surface area (Å²) in [7, 11) is 0. The van der Waals surface area contributed by atoms with Crippen LogP contribution in [-0.2, 0) is 0 Å². The molecule has 1 aromatic rings. The zero-order valence-corrected chi connectivity index (χ0v) is 10.8. The van der Waals surface area contributed by atoms with Crippen LogP contribution in [0.1, 0.15) is 34.6 Å². The number of nitrogens with zero attached hydrogens (tertiary/aromatic N) is 2. The molecule has 0 saturated carbocycles. The maximum Gasteiger partial charge on any atom is 0.147 e. The Bertz CT molecular complexity index is 330. The van der Waals surface area contributed by atoms with Gasteiger partial charge in [-0.2, -0.15) is 0 Å². The fourth-order valence-corrected chi connectivity index (χ4v) is 1.14. The van der Waals surface area contributed by atoms with Gasteiger partial charge in [-0.3, -0.25) is 4.98 Å². The average Bonchev–Trinajstić information content (AvgIpc) is 2.17. The van der Waals surface area contributed by atoms with Crippen LogP contribution < -0.4 is 10.6 Å². The predicted octanol–water partition coefficient (Wildman–Crippen LogP) is 2.75. The minimum atomic E-state index is 0.204. The monoisotopic (exact) mass is 222 g/mol. The minimum absolute atomic E-state index is 0.204. The first-order chi connectivity index (χ1) is 7.43. The van der Waals surface area contributed by atoms with Crippen molar-refractivity contribution in [2.75, 3.05) is 17.2 Å². The highest BCUT2D eigenvalue weighted by Crippen LogP contribution is 2.21. The SMILES string of the molecule is CCNc1cncc(NC(C)C(C)(C)C)n1. The van der Waals surface area contributed by atoms with E-state index in [9.17, 15) is 0 Å². The van der Waals surface area contributed by atoms with Crippen LogP contribution in [0.5, 0.6) is 0 Å². The lowest BCUT2D eigenvalue weighted by atomic mass is 9.88. The molecule has 0 aliphatic heterocycles. The van der Waals surface area contributed by atoms with Gasteiger partial charge in [0.2, 0.25) is 0 Å². The smallest absolute Gasteiger partial charge is 0.147 e. The van der Waals surface area contributed by atoms with E-state index in [4.69, 9.17) is 0 Å².